The second kappa shape index (κ2) is 6.40. The Kier molecular flexibility index (Phi) is 4.59. The number of esters is 1. The zero-order valence-corrected chi connectivity index (χ0v) is 12.6. The third kappa shape index (κ3) is 3.60. The number of benzene rings is 1. The molecule has 2 rings (SSSR count). The Hall–Kier alpha value is -2.35. The molecule has 1 heterocycles. The van der Waals surface area contributed by atoms with Gasteiger partial charge in [0.2, 0.25) is 0 Å². The maximum Gasteiger partial charge on any atom is 0.354 e. The van der Waals surface area contributed by atoms with Crippen molar-refractivity contribution in [2.75, 3.05) is 12.4 Å². The third-order valence-corrected chi connectivity index (χ3v) is 3.47. The number of aromatic amines is 1. The van der Waals surface area contributed by atoms with Crippen molar-refractivity contribution in [3.05, 3.63) is 56.3 Å². The maximum absolute atomic E-state index is 11.3. The van der Waals surface area contributed by atoms with Crippen LogP contribution in [0.4, 0.5) is 11.4 Å². The fraction of sp³-hybridized carbons (Fsp3) is 0.154. The van der Waals surface area contributed by atoms with Gasteiger partial charge in [-0.15, -0.1) is 0 Å². The molecule has 1 aromatic carbocycles. The van der Waals surface area contributed by atoms with Crippen molar-refractivity contribution >= 4 is 33.3 Å². The lowest BCUT2D eigenvalue weighted by Crippen LogP contribution is -2.04. The molecule has 8 heteroatoms. The standard InChI is InChI=1S/C13H12BrN3O4/c1-21-13(18)11-5-2-8(16-11)7-15-12-6-9(17(19)20)3-4-10(12)14/h2-6,15-16H,7H2,1H3. The SMILES string of the molecule is COC(=O)c1ccc(CNc2cc([N+](=O)[O-])ccc2Br)[nH]1. The zero-order valence-electron chi connectivity index (χ0n) is 11.1. The van der Waals surface area contributed by atoms with E-state index in [0.717, 1.165) is 5.69 Å². The molecule has 2 N–H and O–H groups in total. The highest BCUT2D eigenvalue weighted by Crippen LogP contribution is 2.27. The van der Waals surface area contributed by atoms with Crippen LogP contribution in [0.3, 0.4) is 0 Å². The number of non-ortho nitro benzene ring substituents is 1. The molecule has 21 heavy (non-hydrogen) atoms. The van der Waals surface area contributed by atoms with Crippen LogP contribution in [0.1, 0.15) is 16.2 Å². The quantitative estimate of drug-likeness (QED) is 0.489. The Morgan fingerprint density at radius 3 is 2.86 bits per heavy atom. The van der Waals surface area contributed by atoms with Crippen molar-refractivity contribution in [3.63, 3.8) is 0 Å². The van der Waals surface area contributed by atoms with E-state index in [4.69, 9.17) is 0 Å². The lowest BCUT2D eigenvalue weighted by atomic mass is 10.2. The molecule has 1 aromatic heterocycles. The molecule has 0 unspecified atom stereocenters. The highest BCUT2D eigenvalue weighted by molar-refractivity contribution is 9.10. The Balaban J connectivity index is 2.09. The molecule has 0 aliphatic carbocycles. The van der Waals surface area contributed by atoms with Crippen molar-refractivity contribution in [2.24, 2.45) is 0 Å². The van der Waals surface area contributed by atoms with Gasteiger partial charge in [-0.2, -0.15) is 0 Å². The average molecular weight is 354 g/mol. The van der Waals surface area contributed by atoms with E-state index in [2.05, 4.69) is 31.0 Å². The minimum absolute atomic E-state index is 0.00226. The number of carbonyl (C=O) groups is 1. The monoisotopic (exact) mass is 353 g/mol. The van der Waals surface area contributed by atoms with Crippen LogP contribution in [0.2, 0.25) is 0 Å². The van der Waals surface area contributed by atoms with Gasteiger partial charge >= 0.3 is 5.97 Å². The van der Waals surface area contributed by atoms with Gasteiger partial charge in [-0.05, 0) is 34.1 Å². The smallest absolute Gasteiger partial charge is 0.354 e. The number of rotatable bonds is 5. The van der Waals surface area contributed by atoms with Crippen molar-refractivity contribution in [1.29, 1.82) is 0 Å². The zero-order chi connectivity index (χ0) is 15.4. The molecule has 0 bridgehead atoms. The molecule has 0 atom stereocenters. The van der Waals surface area contributed by atoms with Gasteiger partial charge in [0.1, 0.15) is 5.69 Å². The summed E-state index contributed by atoms with van der Waals surface area (Å²) in [6.07, 6.45) is 0. The predicted molar refractivity (Wildman–Crippen MR) is 80.3 cm³/mol. The minimum Gasteiger partial charge on any atom is -0.464 e. The molecule has 0 radical (unpaired) electrons. The fourth-order valence-electron chi connectivity index (χ4n) is 1.73. The number of nitro benzene ring substituents is 1. The largest absolute Gasteiger partial charge is 0.464 e. The number of anilines is 1. The Morgan fingerprint density at radius 2 is 2.19 bits per heavy atom. The van der Waals surface area contributed by atoms with Gasteiger partial charge in [0.25, 0.3) is 5.69 Å². The third-order valence-electron chi connectivity index (χ3n) is 2.78. The molecule has 0 spiro atoms. The molecule has 110 valence electrons. The maximum atomic E-state index is 11.3. The van der Waals surface area contributed by atoms with Gasteiger partial charge in [0.15, 0.2) is 0 Å². The van der Waals surface area contributed by atoms with E-state index < -0.39 is 10.9 Å². The highest BCUT2D eigenvalue weighted by atomic mass is 79.9. The Labute approximate surface area is 128 Å². The number of methoxy groups -OCH3 is 1. The van der Waals surface area contributed by atoms with Crippen molar-refractivity contribution in [1.82, 2.24) is 4.98 Å². The van der Waals surface area contributed by atoms with Crippen LogP contribution in [-0.4, -0.2) is 23.0 Å². The summed E-state index contributed by atoms with van der Waals surface area (Å²) in [4.78, 5) is 24.5. The van der Waals surface area contributed by atoms with E-state index >= 15 is 0 Å². The van der Waals surface area contributed by atoms with E-state index in [0.29, 0.717) is 22.4 Å². The van der Waals surface area contributed by atoms with Crippen LogP contribution in [0.5, 0.6) is 0 Å². The number of hydrogen-bond acceptors (Lipinski definition) is 5. The summed E-state index contributed by atoms with van der Waals surface area (Å²) in [6.45, 7) is 0.386. The first kappa shape index (κ1) is 15.0. The minimum atomic E-state index is -0.457. The summed E-state index contributed by atoms with van der Waals surface area (Å²) in [5.74, 6) is -0.447. The second-order valence-corrected chi connectivity index (χ2v) is 5.02. The molecule has 0 aliphatic heterocycles. The summed E-state index contributed by atoms with van der Waals surface area (Å²) >= 11 is 3.32. The normalized spacial score (nSPS) is 10.2. The first-order valence-corrected chi connectivity index (χ1v) is 6.74. The lowest BCUT2D eigenvalue weighted by molar-refractivity contribution is -0.384. The summed E-state index contributed by atoms with van der Waals surface area (Å²) in [6, 6.07) is 7.82. The van der Waals surface area contributed by atoms with Gasteiger partial charge in [0, 0.05) is 22.3 Å². The van der Waals surface area contributed by atoms with Crippen LogP contribution >= 0.6 is 15.9 Å². The molecular weight excluding hydrogens is 342 g/mol. The van der Waals surface area contributed by atoms with Gasteiger partial charge in [-0.25, -0.2) is 4.79 Å². The molecule has 0 amide bonds. The predicted octanol–water partition coefficient (Wildman–Crippen LogP) is 3.08. The van der Waals surface area contributed by atoms with E-state index in [-0.39, 0.29) is 5.69 Å². The topological polar surface area (TPSA) is 97.3 Å². The number of H-pyrrole nitrogens is 1. The number of nitro groups is 1. The molecule has 7 nitrogen and oxygen atoms in total. The summed E-state index contributed by atoms with van der Waals surface area (Å²) in [5.41, 5.74) is 1.71. The lowest BCUT2D eigenvalue weighted by Gasteiger charge is -2.07. The van der Waals surface area contributed by atoms with Crippen LogP contribution < -0.4 is 5.32 Å². The first-order valence-electron chi connectivity index (χ1n) is 5.95. The number of hydrogen-bond donors (Lipinski definition) is 2. The molecule has 0 saturated heterocycles. The number of carbonyl (C=O) groups excluding carboxylic acids is 1. The van der Waals surface area contributed by atoms with E-state index in [9.17, 15) is 14.9 Å². The molecule has 2 aromatic rings. The number of ether oxygens (including phenoxy) is 1. The van der Waals surface area contributed by atoms with Crippen LogP contribution in [0.15, 0.2) is 34.8 Å². The van der Waals surface area contributed by atoms with Crippen molar-refractivity contribution in [2.45, 2.75) is 6.54 Å². The summed E-state index contributed by atoms with van der Waals surface area (Å²) in [7, 11) is 1.31. The van der Waals surface area contributed by atoms with Gasteiger partial charge < -0.3 is 15.0 Å². The number of halogens is 1. The fourth-order valence-corrected chi connectivity index (χ4v) is 2.11. The number of aromatic nitrogens is 1. The Bertz CT molecular complexity index is 684. The van der Waals surface area contributed by atoms with Crippen LogP contribution in [-0.2, 0) is 11.3 Å². The van der Waals surface area contributed by atoms with Crippen molar-refractivity contribution < 1.29 is 14.5 Å². The molecular formula is C13H12BrN3O4. The summed E-state index contributed by atoms with van der Waals surface area (Å²) in [5, 5.41) is 13.8. The Morgan fingerprint density at radius 1 is 1.43 bits per heavy atom. The van der Waals surface area contributed by atoms with E-state index in [1.165, 1.54) is 19.2 Å². The highest BCUT2D eigenvalue weighted by Gasteiger charge is 2.11. The van der Waals surface area contributed by atoms with E-state index in [1.54, 1.807) is 18.2 Å². The second-order valence-electron chi connectivity index (χ2n) is 4.16. The number of nitrogens with one attached hydrogen (secondary N) is 2. The van der Waals surface area contributed by atoms with Gasteiger partial charge in [-0.1, -0.05) is 0 Å². The van der Waals surface area contributed by atoms with Crippen molar-refractivity contribution in [3.8, 4) is 0 Å². The van der Waals surface area contributed by atoms with Crippen LogP contribution in [0, 0.1) is 10.1 Å². The van der Waals surface area contributed by atoms with E-state index in [1.807, 2.05) is 0 Å². The summed E-state index contributed by atoms with van der Waals surface area (Å²) < 4.78 is 5.32. The molecule has 0 aliphatic rings. The molecule has 0 saturated carbocycles. The average Bonchev–Trinajstić information content (AvgIpc) is 2.94. The molecule has 0 fully saturated rings. The van der Waals surface area contributed by atoms with Gasteiger partial charge in [0.05, 0.1) is 24.3 Å². The van der Waals surface area contributed by atoms with Gasteiger partial charge in [-0.3, -0.25) is 10.1 Å². The van der Waals surface area contributed by atoms with Crippen LogP contribution in [0.25, 0.3) is 0 Å². The first-order chi connectivity index (χ1) is 10.0. The number of nitrogens with zero attached hydrogens (tertiary/aromatic N) is 1.